The predicted molar refractivity (Wildman–Crippen MR) is 550 cm³/mol. The van der Waals surface area contributed by atoms with Crippen LogP contribution in [0.25, 0.3) is 138 Å². The van der Waals surface area contributed by atoms with E-state index >= 15 is 0 Å². The summed E-state index contributed by atoms with van der Waals surface area (Å²) in [7, 11) is 0. The van der Waals surface area contributed by atoms with Gasteiger partial charge in [0.25, 0.3) is 6.71 Å². The van der Waals surface area contributed by atoms with Crippen LogP contribution in [0.1, 0.15) is 164 Å². The van der Waals surface area contributed by atoms with Gasteiger partial charge in [0.1, 0.15) is 0 Å². The maximum Gasteiger partial charge on any atom is 0.252 e. The van der Waals surface area contributed by atoms with E-state index in [9.17, 15) is 5.26 Å². The second-order valence-electron chi connectivity index (χ2n) is 42.1. The Morgan fingerprint density at radius 1 is 0.264 bits per heavy atom. The highest BCUT2D eigenvalue weighted by molar-refractivity contribution is 7.00. The van der Waals surface area contributed by atoms with Crippen LogP contribution in [0, 0.1) is 17.9 Å². The van der Waals surface area contributed by atoms with Crippen LogP contribution in [0.5, 0.6) is 0 Å². The summed E-state index contributed by atoms with van der Waals surface area (Å²) in [6.45, 7) is 49.6. The molecule has 2 aromatic heterocycles. The molecule has 0 unspecified atom stereocenters. The number of rotatable bonds is 11. The van der Waals surface area contributed by atoms with E-state index in [0.717, 1.165) is 162 Å². The van der Waals surface area contributed by atoms with Crippen LogP contribution < -0.4 is 26.2 Å². The number of hydrogen-bond acceptors (Lipinski definition) is 3. The molecule has 0 radical (unpaired) electrons. The zero-order valence-electron chi connectivity index (χ0n) is 77.5. The van der Waals surface area contributed by atoms with Gasteiger partial charge in [-0.3, -0.25) is 0 Å². The molecule has 0 saturated carbocycles. The Morgan fingerprint density at radius 3 is 0.899 bits per heavy atom. The third-order valence-corrected chi connectivity index (χ3v) is 27.2. The lowest BCUT2D eigenvalue weighted by Gasteiger charge is -2.46. The van der Waals surface area contributed by atoms with Crippen molar-refractivity contribution in [2.75, 3.05) is 9.80 Å². The van der Waals surface area contributed by atoms with E-state index in [1.165, 1.54) is 54.9 Å². The molecular formula is C122H109BN6. The van der Waals surface area contributed by atoms with Crippen LogP contribution in [0.4, 0.5) is 39.8 Å². The van der Waals surface area contributed by atoms with Crippen LogP contribution in [-0.4, -0.2) is 15.8 Å². The molecule has 0 saturated heterocycles. The van der Waals surface area contributed by atoms with Gasteiger partial charge in [0.2, 0.25) is 0 Å². The van der Waals surface area contributed by atoms with Gasteiger partial charge in [-0.05, 0) is 259 Å². The summed E-state index contributed by atoms with van der Waals surface area (Å²) in [4.78, 5) is 9.35. The minimum absolute atomic E-state index is 0.112. The molecule has 630 valence electrons. The van der Waals surface area contributed by atoms with Crippen molar-refractivity contribution in [3.63, 3.8) is 0 Å². The Labute approximate surface area is 762 Å². The van der Waals surface area contributed by atoms with E-state index < -0.39 is 0 Å². The molecular weight excluding hydrogens is 1560 g/mol. The highest BCUT2D eigenvalue weighted by atomic mass is 15.2. The smallest absolute Gasteiger partial charge is 0.252 e. The van der Waals surface area contributed by atoms with Gasteiger partial charge in [-0.25, -0.2) is 4.85 Å². The number of nitriles is 1. The Balaban J connectivity index is 0.994. The summed E-state index contributed by atoms with van der Waals surface area (Å²) >= 11 is 0. The maximum absolute atomic E-state index is 10.4. The lowest BCUT2D eigenvalue weighted by Crippen LogP contribution is -2.61. The molecule has 0 fully saturated rings. The summed E-state index contributed by atoms with van der Waals surface area (Å²) in [5.41, 5.74) is 39.0. The van der Waals surface area contributed by atoms with Gasteiger partial charge in [0, 0.05) is 77.9 Å². The summed E-state index contributed by atoms with van der Waals surface area (Å²) in [5.74, 6) is 0. The number of benzene rings is 16. The summed E-state index contributed by atoms with van der Waals surface area (Å²) in [6, 6.07) is 129. The average molecular weight is 1670 g/mol. The lowest BCUT2D eigenvalue weighted by atomic mass is 9.33. The zero-order valence-corrected chi connectivity index (χ0v) is 77.5. The van der Waals surface area contributed by atoms with Gasteiger partial charge < -0.3 is 18.9 Å². The number of hydrogen-bond donors (Lipinski definition) is 0. The van der Waals surface area contributed by atoms with E-state index in [-0.39, 0.29) is 39.2 Å². The van der Waals surface area contributed by atoms with E-state index in [1.54, 1.807) is 0 Å². The number of anilines is 6. The first-order chi connectivity index (χ1) is 61.6. The molecule has 0 atom stereocenters. The third-order valence-electron chi connectivity index (χ3n) is 27.2. The fraction of sp³-hybridized carbons (Fsp3) is 0.197. The molecule has 20 rings (SSSR count). The van der Waals surface area contributed by atoms with Crippen molar-refractivity contribution in [3.8, 4) is 95.3 Å². The highest BCUT2D eigenvalue weighted by Crippen LogP contribution is 2.57. The third kappa shape index (κ3) is 14.6. The van der Waals surface area contributed by atoms with Crippen LogP contribution in [0.2, 0.25) is 0 Å². The Kier molecular flexibility index (Phi) is 19.8. The van der Waals surface area contributed by atoms with Gasteiger partial charge in [0.05, 0.1) is 51.6 Å². The van der Waals surface area contributed by atoms with Crippen molar-refractivity contribution in [3.05, 3.63) is 384 Å². The van der Waals surface area contributed by atoms with Crippen molar-refractivity contribution in [1.29, 1.82) is 5.26 Å². The van der Waals surface area contributed by atoms with Crippen molar-refractivity contribution in [2.24, 2.45) is 0 Å². The highest BCUT2D eigenvalue weighted by Gasteiger charge is 2.47. The van der Waals surface area contributed by atoms with Crippen LogP contribution in [0.3, 0.4) is 0 Å². The predicted octanol–water partition coefficient (Wildman–Crippen LogP) is 31.8. The van der Waals surface area contributed by atoms with E-state index in [0.29, 0.717) is 11.3 Å². The van der Waals surface area contributed by atoms with Crippen molar-refractivity contribution in [1.82, 2.24) is 9.13 Å². The van der Waals surface area contributed by atoms with Crippen molar-refractivity contribution < 1.29 is 0 Å². The Hall–Kier alpha value is -14.2. The van der Waals surface area contributed by atoms with Gasteiger partial charge in [-0.1, -0.05) is 337 Å². The maximum atomic E-state index is 10.4. The molecule has 0 bridgehead atoms. The largest absolute Gasteiger partial charge is 0.310 e. The van der Waals surface area contributed by atoms with E-state index in [1.807, 2.05) is 24.3 Å². The molecule has 7 heteroatoms. The topological polar surface area (TPSA) is 44.5 Å². The molecule has 0 N–H and O–H groups in total. The first-order valence-corrected chi connectivity index (χ1v) is 45.6. The molecule has 0 aliphatic carbocycles. The number of aromatic nitrogens is 2. The minimum Gasteiger partial charge on any atom is -0.310 e. The van der Waals surface area contributed by atoms with E-state index in [2.05, 4.69) is 464 Å². The molecule has 0 amide bonds. The first kappa shape index (κ1) is 83.0. The Bertz CT molecular complexity index is 7080. The molecule has 0 spiro atoms. The number of fused-ring (bicyclic) bond motifs is 10. The van der Waals surface area contributed by atoms with Gasteiger partial charge in [0.15, 0.2) is 5.69 Å². The average Bonchev–Trinajstić information content (AvgIpc) is 0.951. The standard InChI is InChI=1S/C122H109BN6/c1-117(2,3)87-39-29-37-82(61-87)98-65-84(78-43-41-76(75-124)42-44-78)63-96(80-33-25-21-26-34-80)115(98)128-110-73-94(126-106-57-47-89(119(7,8)9)69-100(106)101-70-90(120(10,11)12)48-58-107(101)126)53-55-104(110)123-105-56-54-95(127-108-59-49-91(121(13,14)15)71-102(108)103-72-92(122(16,17)18)50-60-109(103)127)74-111(105)129(113-68-86(67-112(128)114(113)123)77-31-23-20-24-32-77)116-97(81-35-27-22-28-36-81)64-85(79-45-51-93(125-19)52-46-79)66-99(116)83-38-30-40-88(62-83)118(4,5)6/h20-74H,1-18H3. The van der Waals surface area contributed by atoms with Crippen LogP contribution >= 0.6 is 0 Å². The van der Waals surface area contributed by atoms with Gasteiger partial charge in [-0.2, -0.15) is 5.26 Å². The lowest BCUT2D eigenvalue weighted by molar-refractivity contribution is 0.590. The molecule has 6 nitrogen and oxygen atoms in total. The second-order valence-corrected chi connectivity index (χ2v) is 42.1. The van der Waals surface area contributed by atoms with Gasteiger partial charge in [-0.15, -0.1) is 0 Å². The monoisotopic (exact) mass is 1670 g/mol. The van der Waals surface area contributed by atoms with Crippen molar-refractivity contribution in [2.45, 2.75) is 157 Å². The molecule has 4 heterocycles. The zero-order chi connectivity index (χ0) is 89.9. The van der Waals surface area contributed by atoms with Crippen molar-refractivity contribution >= 4 is 107 Å². The molecule has 2 aliphatic rings. The summed E-state index contributed by atoms with van der Waals surface area (Å²) < 4.78 is 5.11. The molecule has 129 heavy (non-hydrogen) atoms. The SMILES string of the molecule is [C-]#[N+]c1ccc(-c2cc(-c3ccccc3)c(N3c4cc(-n5c6ccc(C(C)(C)C)cc6c6cc(C(C)(C)C)ccc65)ccc4B4c5ccc(-n6c7ccc(C(C)(C)C)cc7c7cc(C(C)(C)C)ccc76)cc5N(c5c(-c6ccccc6)cc(-c6ccc(C#N)cc6)cc5-c5cccc(C(C)(C)C)c5)c5cc(-c6ccccc6)cc3c54)c(-c3cccc(C(C)(C)C)c3)c2)cc1. The first-order valence-electron chi connectivity index (χ1n) is 45.6. The fourth-order valence-electron chi connectivity index (χ4n) is 20.0. The molecule has 2 aliphatic heterocycles. The second kappa shape index (κ2) is 30.8. The molecule has 16 aromatic carbocycles. The van der Waals surface area contributed by atoms with E-state index in [4.69, 9.17) is 6.57 Å². The number of nitrogens with zero attached hydrogens (tertiary/aromatic N) is 6. The van der Waals surface area contributed by atoms with Crippen LogP contribution in [-0.2, 0) is 32.5 Å². The fourth-order valence-corrected chi connectivity index (χ4v) is 20.0. The Morgan fingerprint density at radius 2 is 0.566 bits per heavy atom. The quantitative estimate of drug-likeness (QED) is 0.0958. The van der Waals surface area contributed by atoms with Gasteiger partial charge >= 0.3 is 0 Å². The summed E-state index contributed by atoms with van der Waals surface area (Å²) in [6.07, 6.45) is 0. The molecule has 18 aromatic rings. The minimum atomic E-state index is -0.386. The summed E-state index contributed by atoms with van der Waals surface area (Å²) in [5, 5.41) is 15.3. The van der Waals surface area contributed by atoms with Crippen LogP contribution in [0.15, 0.2) is 334 Å². The normalized spacial score (nSPS) is 13.0.